The predicted octanol–water partition coefficient (Wildman–Crippen LogP) is 2.80. The Hall–Kier alpha value is -1.42. The van der Waals surface area contributed by atoms with Gasteiger partial charge in [-0.15, -0.1) is 11.8 Å². The molecule has 0 saturated carbocycles. The van der Waals surface area contributed by atoms with Crippen LogP contribution >= 0.6 is 11.8 Å². The molecular weight excluding hydrogens is 230 g/mol. The molecular formula is C13H17N3S. The smallest absolute Gasteiger partial charge is 0.0522 e. The van der Waals surface area contributed by atoms with Crippen molar-refractivity contribution in [1.29, 1.82) is 0 Å². The molecule has 1 N–H and O–H groups in total. The number of nitrogens with one attached hydrogen (secondary N) is 1. The Kier molecular flexibility index (Phi) is 4.09. The highest BCUT2D eigenvalue weighted by Crippen LogP contribution is 2.18. The van der Waals surface area contributed by atoms with Crippen LogP contribution in [0.2, 0.25) is 0 Å². The quantitative estimate of drug-likeness (QED) is 0.824. The van der Waals surface area contributed by atoms with E-state index in [1.54, 1.807) is 11.8 Å². The maximum absolute atomic E-state index is 4.16. The van der Waals surface area contributed by atoms with E-state index in [0.717, 1.165) is 13.0 Å². The van der Waals surface area contributed by atoms with Crippen LogP contribution in [0.15, 0.2) is 41.6 Å². The van der Waals surface area contributed by atoms with Crippen molar-refractivity contribution in [3.63, 3.8) is 0 Å². The molecule has 1 aromatic heterocycles. The Bertz CT molecular complexity index is 479. The zero-order valence-electron chi connectivity index (χ0n) is 10.2. The summed E-state index contributed by atoms with van der Waals surface area (Å²) in [7, 11) is 1.94. The summed E-state index contributed by atoms with van der Waals surface area (Å²) in [6, 6.07) is 8.48. The third kappa shape index (κ3) is 3.53. The van der Waals surface area contributed by atoms with Crippen molar-refractivity contribution in [3.8, 4) is 0 Å². The zero-order chi connectivity index (χ0) is 12.1. The van der Waals surface area contributed by atoms with E-state index in [0.29, 0.717) is 0 Å². The number of benzene rings is 1. The molecule has 0 saturated heterocycles. The lowest BCUT2D eigenvalue weighted by Crippen LogP contribution is -2.04. The Morgan fingerprint density at radius 2 is 2.29 bits per heavy atom. The zero-order valence-corrected chi connectivity index (χ0v) is 11.0. The van der Waals surface area contributed by atoms with Gasteiger partial charge in [-0.25, -0.2) is 0 Å². The van der Waals surface area contributed by atoms with Crippen molar-refractivity contribution in [2.45, 2.75) is 11.3 Å². The van der Waals surface area contributed by atoms with Gasteiger partial charge in [0, 0.05) is 30.4 Å². The lowest BCUT2D eigenvalue weighted by molar-refractivity contribution is 0.767. The molecule has 3 nitrogen and oxygen atoms in total. The Labute approximate surface area is 106 Å². The summed E-state index contributed by atoms with van der Waals surface area (Å²) in [5.41, 5.74) is 2.45. The molecule has 4 heteroatoms. The van der Waals surface area contributed by atoms with Crippen molar-refractivity contribution in [2.24, 2.45) is 7.05 Å². The minimum Gasteiger partial charge on any atom is -0.385 e. The van der Waals surface area contributed by atoms with Crippen LogP contribution in [-0.4, -0.2) is 22.6 Å². The van der Waals surface area contributed by atoms with E-state index in [9.17, 15) is 0 Å². The van der Waals surface area contributed by atoms with Gasteiger partial charge in [-0.3, -0.25) is 4.68 Å². The van der Waals surface area contributed by atoms with Crippen LogP contribution in [0.3, 0.4) is 0 Å². The highest BCUT2D eigenvalue weighted by molar-refractivity contribution is 7.98. The van der Waals surface area contributed by atoms with Crippen LogP contribution in [0, 0.1) is 0 Å². The number of aromatic nitrogens is 2. The SMILES string of the molecule is CSc1cccc(NCCc2cnn(C)c2)c1. The van der Waals surface area contributed by atoms with Gasteiger partial charge in [0.1, 0.15) is 0 Å². The van der Waals surface area contributed by atoms with E-state index in [1.165, 1.54) is 16.1 Å². The van der Waals surface area contributed by atoms with Crippen molar-refractivity contribution in [1.82, 2.24) is 9.78 Å². The monoisotopic (exact) mass is 247 g/mol. The Morgan fingerprint density at radius 1 is 1.41 bits per heavy atom. The van der Waals surface area contributed by atoms with Gasteiger partial charge in [0.25, 0.3) is 0 Å². The number of hydrogen-bond acceptors (Lipinski definition) is 3. The van der Waals surface area contributed by atoms with Crippen LogP contribution in [0.5, 0.6) is 0 Å². The summed E-state index contributed by atoms with van der Waals surface area (Å²) in [6.07, 6.45) is 7.06. The fourth-order valence-electron chi connectivity index (χ4n) is 1.69. The lowest BCUT2D eigenvalue weighted by atomic mass is 10.2. The molecule has 0 amide bonds. The van der Waals surface area contributed by atoms with E-state index >= 15 is 0 Å². The summed E-state index contributed by atoms with van der Waals surface area (Å²) in [5, 5.41) is 7.58. The average Bonchev–Trinajstić information content (AvgIpc) is 2.75. The molecule has 0 unspecified atom stereocenters. The molecule has 0 radical (unpaired) electrons. The Morgan fingerprint density at radius 3 is 3.00 bits per heavy atom. The normalized spacial score (nSPS) is 10.5. The first-order valence-electron chi connectivity index (χ1n) is 5.63. The topological polar surface area (TPSA) is 29.9 Å². The second kappa shape index (κ2) is 5.77. The highest BCUT2D eigenvalue weighted by Gasteiger charge is 1.97. The van der Waals surface area contributed by atoms with E-state index in [-0.39, 0.29) is 0 Å². The lowest BCUT2D eigenvalue weighted by Gasteiger charge is -2.06. The molecule has 0 bridgehead atoms. The number of nitrogens with zero attached hydrogens (tertiary/aromatic N) is 2. The third-order valence-corrected chi connectivity index (χ3v) is 3.30. The molecule has 17 heavy (non-hydrogen) atoms. The molecule has 0 fully saturated rings. The minimum atomic E-state index is 0.934. The predicted molar refractivity (Wildman–Crippen MR) is 73.6 cm³/mol. The van der Waals surface area contributed by atoms with Crippen molar-refractivity contribution in [2.75, 3.05) is 18.1 Å². The highest BCUT2D eigenvalue weighted by atomic mass is 32.2. The number of thioether (sulfide) groups is 1. The maximum Gasteiger partial charge on any atom is 0.0522 e. The molecule has 1 aromatic carbocycles. The van der Waals surface area contributed by atoms with Gasteiger partial charge in [-0.1, -0.05) is 6.07 Å². The second-order valence-corrected chi connectivity index (χ2v) is 4.81. The Balaban J connectivity index is 1.85. The van der Waals surface area contributed by atoms with Crippen LogP contribution in [0.4, 0.5) is 5.69 Å². The van der Waals surface area contributed by atoms with Gasteiger partial charge in [-0.05, 0) is 36.4 Å². The first-order valence-corrected chi connectivity index (χ1v) is 6.86. The molecule has 0 aliphatic heterocycles. The second-order valence-electron chi connectivity index (χ2n) is 3.93. The number of aryl methyl sites for hydroxylation is 1. The molecule has 0 atom stereocenters. The van der Waals surface area contributed by atoms with Gasteiger partial charge < -0.3 is 5.32 Å². The molecule has 1 heterocycles. The number of anilines is 1. The van der Waals surface area contributed by atoms with E-state index < -0.39 is 0 Å². The summed E-state index contributed by atoms with van der Waals surface area (Å²) in [4.78, 5) is 1.29. The van der Waals surface area contributed by atoms with Crippen LogP contribution in [0.25, 0.3) is 0 Å². The van der Waals surface area contributed by atoms with E-state index in [2.05, 4.69) is 47.1 Å². The summed E-state index contributed by atoms with van der Waals surface area (Å²) in [6.45, 7) is 0.934. The summed E-state index contributed by atoms with van der Waals surface area (Å²) in [5.74, 6) is 0. The van der Waals surface area contributed by atoms with Crippen LogP contribution in [-0.2, 0) is 13.5 Å². The fraction of sp³-hybridized carbons (Fsp3) is 0.308. The first-order chi connectivity index (χ1) is 8.28. The average molecular weight is 247 g/mol. The first kappa shape index (κ1) is 12.0. The fourth-order valence-corrected chi connectivity index (χ4v) is 2.14. The van der Waals surface area contributed by atoms with Crippen molar-refractivity contribution >= 4 is 17.4 Å². The molecule has 90 valence electrons. The minimum absolute atomic E-state index is 0.934. The van der Waals surface area contributed by atoms with Gasteiger partial charge in [0.2, 0.25) is 0 Å². The van der Waals surface area contributed by atoms with Crippen molar-refractivity contribution in [3.05, 3.63) is 42.2 Å². The van der Waals surface area contributed by atoms with Gasteiger partial charge in [0.15, 0.2) is 0 Å². The van der Waals surface area contributed by atoms with E-state index in [4.69, 9.17) is 0 Å². The molecule has 2 rings (SSSR count). The molecule has 0 aliphatic rings. The van der Waals surface area contributed by atoms with Gasteiger partial charge in [-0.2, -0.15) is 5.10 Å². The van der Waals surface area contributed by atoms with Gasteiger partial charge in [0.05, 0.1) is 6.20 Å². The summed E-state index contributed by atoms with van der Waals surface area (Å²) >= 11 is 1.76. The number of rotatable bonds is 5. The van der Waals surface area contributed by atoms with Crippen LogP contribution < -0.4 is 5.32 Å². The standard InChI is InChI=1S/C13H17N3S/c1-16-10-11(9-15-16)6-7-14-12-4-3-5-13(8-12)17-2/h3-5,8-10,14H,6-7H2,1-2H3. The maximum atomic E-state index is 4.16. The summed E-state index contributed by atoms with van der Waals surface area (Å²) < 4.78 is 1.84. The third-order valence-electron chi connectivity index (χ3n) is 2.57. The van der Waals surface area contributed by atoms with Gasteiger partial charge >= 0.3 is 0 Å². The molecule has 0 aliphatic carbocycles. The van der Waals surface area contributed by atoms with Crippen molar-refractivity contribution < 1.29 is 0 Å². The molecule has 0 spiro atoms. The van der Waals surface area contributed by atoms with E-state index in [1.807, 2.05) is 17.9 Å². The number of hydrogen-bond donors (Lipinski definition) is 1. The van der Waals surface area contributed by atoms with Crippen LogP contribution in [0.1, 0.15) is 5.56 Å². The molecule has 2 aromatic rings. The largest absolute Gasteiger partial charge is 0.385 e.